The maximum atomic E-state index is 5.60. The van der Waals surface area contributed by atoms with E-state index in [4.69, 9.17) is 22.7 Å². The summed E-state index contributed by atoms with van der Waals surface area (Å²) in [6.07, 6.45) is 1.72. The molecule has 3 N–H and O–H groups in total. The lowest BCUT2D eigenvalue weighted by Gasteiger charge is -2.11. The number of aromatic nitrogens is 1. The van der Waals surface area contributed by atoms with Crippen molar-refractivity contribution < 1.29 is 4.74 Å². The summed E-state index contributed by atoms with van der Waals surface area (Å²) in [5.41, 5.74) is 9.43. The van der Waals surface area contributed by atoms with Crippen LogP contribution in [0.25, 0.3) is 0 Å². The van der Waals surface area contributed by atoms with Gasteiger partial charge in [0.1, 0.15) is 4.99 Å². The fraction of sp³-hybridized carbons (Fsp3) is 0.143. The van der Waals surface area contributed by atoms with E-state index in [0.29, 0.717) is 10.9 Å². The van der Waals surface area contributed by atoms with E-state index in [-0.39, 0.29) is 0 Å². The van der Waals surface area contributed by atoms with Gasteiger partial charge in [0, 0.05) is 17.3 Å². The van der Waals surface area contributed by atoms with Crippen LogP contribution >= 0.6 is 12.2 Å². The minimum absolute atomic E-state index is 0.403. The highest BCUT2D eigenvalue weighted by molar-refractivity contribution is 7.80. The van der Waals surface area contributed by atoms with Crippen LogP contribution in [0.5, 0.6) is 5.88 Å². The van der Waals surface area contributed by atoms with Gasteiger partial charge in [-0.25, -0.2) is 4.98 Å². The molecule has 0 unspecified atom stereocenters. The number of pyridine rings is 1. The first-order valence-corrected chi connectivity index (χ1v) is 6.18. The molecule has 0 radical (unpaired) electrons. The second-order valence-electron chi connectivity index (χ2n) is 4.11. The number of nitrogens with one attached hydrogen (secondary N) is 1. The third-order valence-electron chi connectivity index (χ3n) is 2.74. The molecule has 1 aromatic carbocycles. The van der Waals surface area contributed by atoms with Crippen LogP contribution in [0.1, 0.15) is 11.1 Å². The molecule has 0 fully saturated rings. The number of methoxy groups -OCH3 is 1. The van der Waals surface area contributed by atoms with E-state index in [0.717, 1.165) is 22.5 Å². The van der Waals surface area contributed by atoms with Crippen molar-refractivity contribution in [3.05, 3.63) is 47.7 Å². The summed E-state index contributed by atoms with van der Waals surface area (Å²) in [5.74, 6) is 0.589. The summed E-state index contributed by atoms with van der Waals surface area (Å²) in [6, 6.07) is 9.53. The number of nitrogens with two attached hydrogens (primary N) is 1. The van der Waals surface area contributed by atoms with Gasteiger partial charge in [-0.05, 0) is 36.8 Å². The molecule has 0 amide bonds. The van der Waals surface area contributed by atoms with Crippen LogP contribution in [0.4, 0.5) is 11.4 Å². The van der Waals surface area contributed by atoms with Gasteiger partial charge in [-0.15, -0.1) is 0 Å². The van der Waals surface area contributed by atoms with Gasteiger partial charge in [0.2, 0.25) is 5.88 Å². The van der Waals surface area contributed by atoms with Gasteiger partial charge in [0.15, 0.2) is 0 Å². The molecule has 0 atom stereocenters. The maximum Gasteiger partial charge on any atom is 0.213 e. The summed E-state index contributed by atoms with van der Waals surface area (Å²) in [6.45, 7) is 2.00. The molecule has 0 aliphatic carbocycles. The zero-order chi connectivity index (χ0) is 13.8. The number of anilines is 2. The molecule has 0 aliphatic rings. The molecule has 1 heterocycles. The van der Waals surface area contributed by atoms with Crippen molar-refractivity contribution in [3.63, 3.8) is 0 Å². The smallest absolute Gasteiger partial charge is 0.213 e. The van der Waals surface area contributed by atoms with E-state index in [1.807, 2.05) is 31.2 Å². The molecule has 98 valence electrons. The van der Waals surface area contributed by atoms with Crippen molar-refractivity contribution in [3.8, 4) is 5.88 Å². The molecule has 0 spiro atoms. The third-order valence-corrected chi connectivity index (χ3v) is 2.97. The van der Waals surface area contributed by atoms with Crippen LogP contribution in [-0.2, 0) is 0 Å². The molecular weight excluding hydrogens is 258 g/mol. The minimum Gasteiger partial charge on any atom is -0.481 e. The van der Waals surface area contributed by atoms with Crippen molar-refractivity contribution in [2.45, 2.75) is 6.92 Å². The Morgan fingerprint density at radius 3 is 2.63 bits per heavy atom. The zero-order valence-corrected chi connectivity index (χ0v) is 11.6. The molecule has 0 bridgehead atoms. The Morgan fingerprint density at radius 2 is 2.11 bits per heavy atom. The van der Waals surface area contributed by atoms with Crippen LogP contribution in [0, 0.1) is 6.92 Å². The lowest BCUT2D eigenvalue weighted by molar-refractivity contribution is 0.398. The summed E-state index contributed by atoms with van der Waals surface area (Å²) in [4.78, 5) is 4.55. The molecule has 0 saturated carbocycles. The SMILES string of the molecule is COc1ccc(Nc2ccc(C(N)=S)cc2C)cn1. The summed E-state index contributed by atoms with van der Waals surface area (Å²) in [5, 5.41) is 3.29. The van der Waals surface area contributed by atoms with Gasteiger partial charge < -0.3 is 15.8 Å². The molecular formula is C14H15N3OS. The first kappa shape index (κ1) is 13.3. The van der Waals surface area contributed by atoms with E-state index in [1.54, 1.807) is 19.4 Å². The standard InChI is InChI=1S/C14H15N3OS/c1-9-7-10(14(15)19)3-5-12(9)17-11-4-6-13(18-2)16-8-11/h3-8,17H,1-2H3,(H2,15,19). The third kappa shape index (κ3) is 3.20. The van der Waals surface area contributed by atoms with Crippen LogP contribution in [0.3, 0.4) is 0 Å². The highest BCUT2D eigenvalue weighted by atomic mass is 32.1. The van der Waals surface area contributed by atoms with Gasteiger partial charge in [-0.1, -0.05) is 12.2 Å². The molecule has 2 rings (SSSR count). The van der Waals surface area contributed by atoms with Crippen LogP contribution < -0.4 is 15.8 Å². The number of rotatable bonds is 4. The Labute approximate surface area is 117 Å². The van der Waals surface area contributed by atoms with Gasteiger partial charge in [-0.2, -0.15) is 0 Å². The van der Waals surface area contributed by atoms with Crippen molar-refractivity contribution in [2.24, 2.45) is 5.73 Å². The van der Waals surface area contributed by atoms with E-state index < -0.39 is 0 Å². The minimum atomic E-state index is 0.403. The lowest BCUT2D eigenvalue weighted by Crippen LogP contribution is -2.09. The fourth-order valence-corrected chi connectivity index (χ4v) is 1.81. The zero-order valence-electron chi connectivity index (χ0n) is 10.8. The van der Waals surface area contributed by atoms with Crippen LogP contribution in [0.15, 0.2) is 36.5 Å². The molecule has 4 nitrogen and oxygen atoms in total. The number of nitrogens with zero attached hydrogens (tertiary/aromatic N) is 1. The Hall–Kier alpha value is -2.14. The number of hydrogen-bond donors (Lipinski definition) is 2. The van der Waals surface area contributed by atoms with E-state index in [2.05, 4.69) is 10.3 Å². The number of ether oxygens (including phenoxy) is 1. The summed E-state index contributed by atoms with van der Waals surface area (Å²) < 4.78 is 5.02. The maximum absolute atomic E-state index is 5.60. The summed E-state index contributed by atoms with van der Waals surface area (Å²) >= 11 is 4.96. The molecule has 1 aromatic heterocycles. The Balaban J connectivity index is 2.20. The summed E-state index contributed by atoms with van der Waals surface area (Å²) in [7, 11) is 1.59. The Bertz CT molecular complexity index is 596. The number of aryl methyl sites for hydroxylation is 1. The highest BCUT2D eigenvalue weighted by Gasteiger charge is 2.03. The number of hydrogen-bond acceptors (Lipinski definition) is 4. The predicted molar refractivity (Wildman–Crippen MR) is 81.1 cm³/mol. The van der Waals surface area contributed by atoms with Crippen molar-refractivity contribution in [1.29, 1.82) is 0 Å². The molecule has 0 aliphatic heterocycles. The largest absolute Gasteiger partial charge is 0.481 e. The number of benzene rings is 1. The first-order valence-electron chi connectivity index (χ1n) is 5.77. The monoisotopic (exact) mass is 273 g/mol. The first-order chi connectivity index (χ1) is 9.10. The Kier molecular flexibility index (Phi) is 3.97. The quantitative estimate of drug-likeness (QED) is 0.839. The molecule has 19 heavy (non-hydrogen) atoms. The molecule has 2 aromatic rings. The van der Waals surface area contributed by atoms with E-state index in [9.17, 15) is 0 Å². The van der Waals surface area contributed by atoms with Crippen molar-refractivity contribution in [1.82, 2.24) is 4.98 Å². The Morgan fingerprint density at radius 1 is 1.32 bits per heavy atom. The normalized spacial score (nSPS) is 10.0. The topological polar surface area (TPSA) is 60.2 Å². The predicted octanol–water partition coefficient (Wildman–Crippen LogP) is 2.78. The van der Waals surface area contributed by atoms with Gasteiger partial charge in [0.25, 0.3) is 0 Å². The van der Waals surface area contributed by atoms with E-state index in [1.165, 1.54) is 0 Å². The average molecular weight is 273 g/mol. The highest BCUT2D eigenvalue weighted by Crippen LogP contribution is 2.22. The fourth-order valence-electron chi connectivity index (χ4n) is 1.69. The second-order valence-corrected chi connectivity index (χ2v) is 4.55. The van der Waals surface area contributed by atoms with Crippen molar-refractivity contribution in [2.75, 3.05) is 12.4 Å². The lowest BCUT2D eigenvalue weighted by atomic mass is 10.1. The molecule has 0 saturated heterocycles. The van der Waals surface area contributed by atoms with Gasteiger partial charge in [0.05, 0.1) is 19.0 Å². The second kappa shape index (κ2) is 5.67. The van der Waals surface area contributed by atoms with Crippen LogP contribution in [-0.4, -0.2) is 17.1 Å². The van der Waals surface area contributed by atoms with Crippen molar-refractivity contribution >= 4 is 28.6 Å². The van der Waals surface area contributed by atoms with Gasteiger partial charge in [-0.3, -0.25) is 0 Å². The molecule has 5 heteroatoms. The van der Waals surface area contributed by atoms with Crippen LogP contribution in [0.2, 0.25) is 0 Å². The van der Waals surface area contributed by atoms with Gasteiger partial charge >= 0.3 is 0 Å². The van der Waals surface area contributed by atoms with E-state index >= 15 is 0 Å². The average Bonchev–Trinajstić information content (AvgIpc) is 2.41. The number of thiocarbonyl (C=S) groups is 1.